The summed E-state index contributed by atoms with van der Waals surface area (Å²) in [7, 11) is 2.06. The number of aromatic hydroxyl groups is 1. The molecule has 2 saturated heterocycles. The molecular weight excluding hydrogens is 927 g/mol. The summed E-state index contributed by atoms with van der Waals surface area (Å²) in [5, 5.41) is 27.8. The summed E-state index contributed by atoms with van der Waals surface area (Å²) < 4.78 is 0. The van der Waals surface area contributed by atoms with Crippen molar-refractivity contribution in [2.24, 2.45) is 29.0 Å². The molecule has 0 saturated carbocycles. The molecule has 68 heavy (non-hydrogen) atoms. The average molecular weight is 992 g/mol. The number of hydrogen-bond acceptors (Lipinski definition) is 15. The zero-order valence-corrected chi connectivity index (χ0v) is 40.2. The summed E-state index contributed by atoms with van der Waals surface area (Å²) in [6.45, 7) is 6.86. The zero-order chi connectivity index (χ0) is 50.7. The van der Waals surface area contributed by atoms with Crippen molar-refractivity contribution in [1.29, 1.82) is 0 Å². The van der Waals surface area contributed by atoms with Gasteiger partial charge in [0.1, 0.15) is 54.3 Å². The van der Waals surface area contributed by atoms with E-state index in [0.717, 1.165) is 21.6 Å². The molecule has 0 radical (unpaired) electrons. The first kappa shape index (κ1) is 56.4. The number of primary amides is 2. The average Bonchev–Trinajstić information content (AvgIpc) is 3.78. The third-order valence-electron chi connectivity index (χ3n) is 11.2. The van der Waals surface area contributed by atoms with Crippen LogP contribution in [0.3, 0.4) is 0 Å². The number of rotatable bonds is 17. The first-order valence-corrected chi connectivity index (χ1v) is 24.8. The number of phenols is 1. The van der Waals surface area contributed by atoms with Gasteiger partial charge in [-0.25, -0.2) is 0 Å². The van der Waals surface area contributed by atoms with Crippen LogP contribution in [0.2, 0.25) is 0 Å². The number of likely N-dealkylation sites (tertiary alicyclic amines) is 1. The van der Waals surface area contributed by atoms with Gasteiger partial charge in [0.05, 0.1) is 19.0 Å². The molecule has 376 valence electrons. The van der Waals surface area contributed by atoms with Crippen LogP contribution in [-0.4, -0.2) is 148 Å². The maximum absolute atomic E-state index is 14.5. The van der Waals surface area contributed by atoms with E-state index in [9.17, 15) is 57.8 Å². The standard InChI is InChI=1S/C43H65N11O12S2/c1-5-23(4)35-42(65)48-27(12-13-33(45)57)38(61)50-30(19-34(46)58)39(62)52-31(43(66)54-15-6-7-32(54)41(64)51-28(17-22(2)3)37(60)47-14-16-55)21-68-67-20-26(44)36(59)49-29(40(63)53-35)18-24-8-10-25(56)11-9-24/h8-11,16,22-23,26-32,35,56H,5-7,12-15,17-21,44H2,1-4H3,(H2,45,57)(H2,46,58)(H,47,60)(H,48,65)(H,49,59)(H,50,61)(H,51,64)(H,52,62)(H,53,63)/t23-,26-,27-,28-,29-,30-,31-,32-,35-/m0/s1. The van der Waals surface area contributed by atoms with E-state index in [4.69, 9.17) is 17.2 Å². The normalized spacial score (nSPS) is 24.5. The van der Waals surface area contributed by atoms with Gasteiger partial charge in [0.15, 0.2) is 0 Å². The van der Waals surface area contributed by atoms with Crippen molar-refractivity contribution in [3.63, 3.8) is 0 Å². The Kier molecular flexibility index (Phi) is 23.0. The SMILES string of the molecule is CC[C@H](C)[C@@H]1NC(=O)[C@H](Cc2ccc(O)cc2)NC(=O)[C@@H](N)CSSC[C@@H](C(=O)N2CCC[C@H]2C(=O)N[C@@H](CC(C)C)C(=O)NCC=O)NC(=O)[C@H](CC(N)=O)NC(=O)[C@H](CCC(N)=O)NC1=O. The van der Waals surface area contributed by atoms with Crippen LogP contribution in [0.25, 0.3) is 0 Å². The number of nitrogens with zero attached hydrogens (tertiary/aromatic N) is 1. The molecule has 0 aliphatic carbocycles. The summed E-state index contributed by atoms with van der Waals surface area (Å²) in [6.07, 6.45) is -0.0893. The molecule has 2 aliphatic heterocycles. The molecule has 0 bridgehead atoms. The smallest absolute Gasteiger partial charge is 0.246 e. The summed E-state index contributed by atoms with van der Waals surface area (Å²) >= 11 is 0. The monoisotopic (exact) mass is 991 g/mol. The highest BCUT2D eigenvalue weighted by Gasteiger charge is 2.41. The largest absolute Gasteiger partial charge is 0.508 e. The first-order chi connectivity index (χ1) is 32.1. The van der Waals surface area contributed by atoms with E-state index in [0.29, 0.717) is 24.7 Å². The minimum atomic E-state index is -1.74. The Morgan fingerprint density at radius 3 is 2.07 bits per heavy atom. The van der Waals surface area contributed by atoms with Crippen molar-refractivity contribution in [3.8, 4) is 5.75 Å². The number of carbonyl (C=O) groups excluding carboxylic acids is 11. The molecule has 1 aromatic rings. The Morgan fingerprint density at radius 1 is 0.838 bits per heavy atom. The molecule has 0 unspecified atom stereocenters. The van der Waals surface area contributed by atoms with Crippen LogP contribution in [0.15, 0.2) is 24.3 Å². The Hall–Kier alpha value is -5.95. The van der Waals surface area contributed by atoms with Gasteiger partial charge in [-0.1, -0.05) is 67.8 Å². The van der Waals surface area contributed by atoms with Crippen LogP contribution < -0.4 is 54.4 Å². The Morgan fingerprint density at radius 2 is 1.46 bits per heavy atom. The Bertz CT molecular complexity index is 1990. The van der Waals surface area contributed by atoms with E-state index >= 15 is 0 Å². The fraction of sp³-hybridized carbons (Fsp3) is 0.605. The van der Waals surface area contributed by atoms with Crippen LogP contribution in [0.4, 0.5) is 0 Å². The van der Waals surface area contributed by atoms with Crippen molar-refractivity contribution in [2.45, 2.75) is 127 Å². The lowest BCUT2D eigenvalue weighted by atomic mass is 9.96. The van der Waals surface area contributed by atoms with E-state index in [1.807, 2.05) is 13.8 Å². The predicted octanol–water partition coefficient (Wildman–Crippen LogP) is -2.90. The van der Waals surface area contributed by atoms with Crippen LogP contribution in [0.5, 0.6) is 5.75 Å². The number of aldehydes is 1. The number of carbonyl (C=O) groups is 11. The second-order valence-electron chi connectivity index (χ2n) is 17.1. The van der Waals surface area contributed by atoms with Crippen molar-refractivity contribution in [1.82, 2.24) is 42.1 Å². The third kappa shape index (κ3) is 17.9. The van der Waals surface area contributed by atoms with Crippen LogP contribution >= 0.6 is 21.6 Å². The molecule has 2 heterocycles. The summed E-state index contributed by atoms with van der Waals surface area (Å²) in [4.78, 5) is 147. The minimum absolute atomic E-state index is 0.0436. The molecule has 2 aliphatic rings. The fourth-order valence-electron chi connectivity index (χ4n) is 7.31. The quantitative estimate of drug-likeness (QED) is 0.0551. The zero-order valence-electron chi connectivity index (χ0n) is 38.6. The van der Waals surface area contributed by atoms with Crippen LogP contribution in [-0.2, 0) is 59.2 Å². The molecule has 25 heteroatoms. The highest BCUT2D eigenvalue weighted by Crippen LogP contribution is 2.26. The van der Waals surface area contributed by atoms with E-state index < -0.39 is 126 Å². The van der Waals surface area contributed by atoms with Gasteiger partial charge in [-0.3, -0.25) is 47.9 Å². The molecule has 9 atom stereocenters. The topological polar surface area (TPSA) is 374 Å². The summed E-state index contributed by atoms with van der Waals surface area (Å²) in [5.41, 5.74) is 17.7. The lowest BCUT2D eigenvalue weighted by Gasteiger charge is -2.31. The number of amides is 10. The van der Waals surface area contributed by atoms with E-state index in [1.165, 1.54) is 29.2 Å². The highest BCUT2D eigenvalue weighted by molar-refractivity contribution is 8.76. The number of nitrogens with one attached hydrogen (secondary N) is 7. The van der Waals surface area contributed by atoms with Gasteiger partial charge in [0.2, 0.25) is 59.1 Å². The van der Waals surface area contributed by atoms with Crippen LogP contribution in [0.1, 0.15) is 78.2 Å². The summed E-state index contributed by atoms with van der Waals surface area (Å²) in [6, 6.07) is -4.90. The fourth-order valence-corrected chi connectivity index (χ4v) is 9.59. The van der Waals surface area contributed by atoms with E-state index in [1.54, 1.807) is 13.8 Å². The number of nitrogens with two attached hydrogens (primary N) is 3. The molecule has 0 spiro atoms. The highest BCUT2D eigenvalue weighted by atomic mass is 33.1. The number of phenolic OH excluding ortho intramolecular Hbond substituents is 1. The van der Waals surface area contributed by atoms with Crippen LogP contribution in [0, 0.1) is 11.8 Å². The Labute approximate surface area is 402 Å². The third-order valence-corrected chi connectivity index (χ3v) is 13.7. The van der Waals surface area contributed by atoms with Gasteiger partial charge in [-0.05, 0) is 55.2 Å². The van der Waals surface area contributed by atoms with Gasteiger partial charge < -0.3 is 69.2 Å². The maximum Gasteiger partial charge on any atom is 0.246 e. The molecule has 2 fully saturated rings. The maximum atomic E-state index is 14.5. The van der Waals surface area contributed by atoms with Gasteiger partial charge in [-0.2, -0.15) is 0 Å². The second kappa shape index (κ2) is 27.8. The van der Waals surface area contributed by atoms with Crippen molar-refractivity contribution in [2.75, 3.05) is 24.6 Å². The molecular formula is C43H65N11O12S2. The molecule has 3 rings (SSSR count). The van der Waals surface area contributed by atoms with Gasteiger partial charge in [-0.15, -0.1) is 0 Å². The molecule has 1 aromatic carbocycles. The lowest BCUT2D eigenvalue weighted by molar-refractivity contribution is -0.142. The van der Waals surface area contributed by atoms with E-state index in [2.05, 4.69) is 37.2 Å². The number of benzene rings is 1. The van der Waals surface area contributed by atoms with Gasteiger partial charge in [0.25, 0.3) is 0 Å². The van der Waals surface area contributed by atoms with E-state index in [-0.39, 0.29) is 61.9 Å². The van der Waals surface area contributed by atoms with Crippen molar-refractivity contribution in [3.05, 3.63) is 29.8 Å². The van der Waals surface area contributed by atoms with Gasteiger partial charge >= 0.3 is 0 Å². The molecule has 23 nitrogen and oxygen atoms in total. The molecule has 10 amide bonds. The molecule has 14 N–H and O–H groups in total. The van der Waals surface area contributed by atoms with Crippen molar-refractivity contribution < 1.29 is 57.8 Å². The molecule has 0 aromatic heterocycles. The lowest BCUT2D eigenvalue weighted by Crippen LogP contribution is -2.61. The van der Waals surface area contributed by atoms with Crippen molar-refractivity contribution >= 4 is 86.9 Å². The Balaban J connectivity index is 2.05. The second-order valence-corrected chi connectivity index (χ2v) is 19.7. The van der Waals surface area contributed by atoms with Gasteiger partial charge in [0, 0.05) is 30.9 Å². The minimum Gasteiger partial charge on any atom is -0.508 e. The predicted molar refractivity (Wildman–Crippen MR) is 251 cm³/mol. The number of hydrogen-bond donors (Lipinski definition) is 11. The first-order valence-electron chi connectivity index (χ1n) is 22.3. The summed E-state index contributed by atoms with van der Waals surface area (Å²) in [5.74, 6) is -9.37.